The summed E-state index contributed by atoms with van der Waals surface area (Å²) in [5.74, 6) is -0.843. The molecule has 5 rings (SSSR count). The first-order valence-corrected chi connectivity index (χ1v) is 22.9. The molecule has 5 aromatic rings. The summed E-state index contributed by atoms with van der Waals surface area (Å²) < 4.78 is 162. The molecule has 0 aliphatic carbocycles. The van der Waals surface area contributed by atoms with E-state index in [-0.39, 0.29) is 69.0 Å². The minimum atomic E-state index is -5.13. The van der Waals surface area contributed by atoms with Gasteiger partial charge in [0.15, 0.2) is 15.7 Å². The van der Waals surface area contributed by atoms with E-state index in [1.807, 2.05) is 6.07 Å². The molecule has 0 bridgehead atoms. The van der Waals surface area contributed by atoms with Crippen molar-refractivity contribution in [2.75, 3.05) is 36.1 Å². The first-order chi connectivity index (χ1) is 26.8. The predicted molar refractivity (Wildman–Crippen MR) is 202 cm³/mol. The van der Waals surface area contributed by atoms with Crippen molar-refractivity contribution in [2.45, 2.75) is 21.6 Å². The van der Waals surface area contributed by atoms with Crippen molar-refractivity contribution in [2.24, 2.45) is 10.2 Å². The number of aromatic nitrogens is 4. The Morgan fingerprint density at radius 2 is 1.50 bits per heavy atom. The Balaban J connectivity index is 1.61. The number of anilines is 2. The standard InChI is InChI=1S/C29H27N9O15S5/c1-3-54(39,40)11-9-32-29-26(16(2)21(15-30)28(33-29)31-8-10-53-58(50,51)52)35-34-22-6-4-17(12-25(22)57(47,48)49)38-36-23-7-5-19-20(27(23)37-38)13-18(55(41,42)43)14-24(19)56(44,45)46/h3-7,12-14H,1,8-11H2,2H3,(H2,31,32,33)(H,41,42,43)(H,44,45,46)(H,47,48,49)(H,50,51,52). The van der Waals surface area contributed by atoms with Gasteiger partial charge in [0.2, 0.25) is 0 Å². The van der Waals surface area contributed by atoms with Crippen molar-refractivity contribution in [3.63, 3.8) is 0 Å². The number of nitrogens with zero attached hydrogens (tertiary/aromatic N) is 7. The van der Waals surface area contributed by atoms with E-state index in [0.717, 1.165) is 28.4 Å². The molecule has 0 aliphatic heterocycles. The summed E-state index contributed by atoms with van der Waals surface area (Å²) in [6, 6.07) is 8.86. The van der Waals surface area contributed by atoms with Gasteiger partial charge in [-0.2, -0.15) is 43.7 Å². The van der Waals surface area contributed by atoms with Crippen molar-refractivity contribution in [1.29, 1.82) is 5.26 Å². The van der Waals surface area contributed by atoms with Crippen LogP contribution in [0.25, 0.3) is 27.5 Å². The summed E-state index contributed by atoms with van der Waals surface area (Å²) in [5, 5.41) is 32.0. The molecule has 0 saturated heterocycles. The van der Waals surface area contributed by atoms with Crippen molar-refractivity contribution < 1.29 is 64.5 Å². The summed E-state index contributed by atoms with van der Waals surface area (Å²) in [5.41, 5.74) is -1.14. The van der Waals surface area contributed by atoms with Crippen LogP contribution in [0, 0.1) is 18.3 Å². The van der Waals surface area contributed by atoms with Gasteiger partial charge >= 0.3 is 10.4 Å². The second-order valence-electron chi connectivity index (χ2n) is 11.6. The second kappa shape index (κ2) is 16.0. The molecule has 0 spiro atoms. The zero-order valence-corrected chi connectivity index (χ0v) is 33.2. The maximum Gasteiger partial charge on any atom is 0.397 e. The Morgan fingerprint density at radius 1 is 0.828 bits per heavy atom. The fourth-order valence-electron chi connectivity index (χ4n) is 5.17. The monoisotopic (exact) mass is 901 g/mol. The number of hydrogen-bond donors (Lipinski definition) is 6. The fraction of sp³-hybridized carbons (Fsp3) is 0.172. The molecule has 0 atom stereocenters. The van der Waals surface area contributed by atoms with Gasteiger partial charge in [-0.15, -0.1) is 20.4 Å². The van der Waals surface area contributed by atoms with Gasteiger partial charge in [-0.3, -0.25) is 18.2 Å². The Labute approximate surface area is 329 Å². The molecule has 58 heavy (non-hydrogen) atoms. The number of azo groups is 1. The number of sulfone groups is 1. The minimum absolute atomic E-state index is 0.000436. The minimum Gasteiger partial charge on any atom is -0.367 e. The van der Waals surface area contributed by atoms with Gasteiger partial charge in [-0.05, 0) is 43.3 Å². The Hall–Kier alpha value is -5.55. The van der Waals surface area contributed by atoms with Crippen LogP contribution in [0.5, 0.6) is 0 Å². The lowest BCUT2D eigenvalue weighted by Gasteiger charge is -2.15. The van der Waals surface area contributed by atoms with Crippen LogP contribution in [0.2, 0.25) is 0 Å². The molecule has 0 saturated carbocycles. The normalized spacial score (nSPS) is 12.9. The molecular weight excluding hydrogens is 875 g/mol. The number of hydrogen-bond acceptors (Lipinski definition) is 19. The fourth-order valence-corrected chi connectivity index (χ4v) is 8.00. The van der Waals surface area contributed by atoms with E-state index >= 15 is 0 Å². The first kappa shape index (κ1) is 43.6. The van der Waals surface area contributed by atoms with Crippen LogP contribution < -0.4 is 10.6 Å². The van der Waals surface area contributed by atoms with Gasteiger partial charge in [0.1, 0.15) is 44.1 Å². The van der Waals surface area contributed by atoms with Gasteiger partial charge in [0, 0.05) is 34.8 Å². The van der Waals surface area contributed by atoms with Crippen molar-refractivity contribution in [3.05, 3.63) is 65.6 Å². The third-order valence-electron chi connectivity index (χ3n) is 7.79. The van der Waals surface area contributed by atoms with E-state index in [4.69, 9.17) is 4.55 Å². The lowest BCUT2D eigenvalue weighted by atomic mass is 10.1. The van der Waals surface area contributed by atoms with E-state index in [9.17, 15) is 61.0 Å². The summed E-state index contributed by atoms with van der Waals surface area (Å²) in [4.78, 5) is 2.43. The van der Waals surface area contributed by atoms with Gasteiger partial charge < -0.3 is 10.6 Å². The van der Waals surface area contributed by atoms with Crippen LogP contribution in [-0.2, 0) is 54.8 Å². The average molecular weight is 902 g/mol. The highest BCUT2D eigenvalue weighted by Crippen LogP contribution is 2.37. The molecule has 0 radical (unpaired) electrons. The van der Waals surface area contributed by atoms with Gasteiger partial charge in [0.25, 0.3) is 30.4 Å². The highest BCUT2D eigenvalue weighted by Gasteiger charge is 2.24. The lowest BCUT2D eigenvalue weighted by Crippen LogP contribution is -2.17. The third kappa shape index (κ3) is 9.93. The number of nitrogens with one attached hydrogen (secondary N) is 2. The van der Waals surface area contributed by atoms with Crippen LogP contribution >= 0.6 is 0 Å². The molecular formula is C29H27N9O15S5. The molecule has 2 heterocycles. The average Bonchev–Trinajstić information content (AvgIpc) is 3.56. The van der Waals surface area contributed by atoms with Crippen LogP contribution in [-0.4, -0.2) is 106 Å². The number of rotatable bonds is 16. The zero-order valence-electron chi connectivity index (χ0n) is 29.1. The predicted octanol–water partition coefficient (Wildman–Crippen LogP) is 2.51. The number of pyridine rings is 1. The van der Waals surface area contributed by atoms with E-state index in [0.29, 0.717) is 6.07 Å². The maximum absolute atomic E-state index is 12.6. The summed E-state index contributed by atoms with van der Waals surface area (Å²) >= 11 is 0. The molecule has 6 N–H and O–H groups in total. The Morgan fingerprint density at radius 3 is 2.10 bits per heavy atom. The molecule has 29 heteroatoms. The Kier molecular flexibility index (Phi) is 12.0. The quantitative estimate of drug-likeness (QED) is 0.0470. The van der Waals surface area contributed by atoms with Gasteiger partial charge in [-0.1, -0.05) is 12.6 Å². The van der Waals surface area contributed by atoms with E-state index in [2.05, 4.69) is 46.8 Å². The summed E-state index contributed by atoms with van der Waals surface area (Å²) in [6.45, 7) is 3.42. The number of nitriles is 1. The van der Waals surface area contributed by atoms with E-state index in [1.165, 1.54) is 25.1 Å². The molecule has 2 aromatic heterocycles. The largest absolute Gasteiger partial charge is 0.397 e. The molecule has 0 unspecified atom stereocenters. The van der Waals surface area contributed by atoms with Gasteiger partial charge in [0.05, 0.1) is 28.5 Å². The number of benzene rings is 3. The lowest BCUT2D eigenvalue weighted by molar-refractivity contribution is 0.278. The third-order valence-corrected chi connectivity index (χ3v) is 12.1. The molecule has 3 aromatic carbocycles. The molecule has 0 fully saturated rings. The van der Waals surface area contributed by atoms with Crippen LogP contribution in [0.3, 0.4) is 0 Å². The molecule has 0 amide bonds. The second-order valence-corrected chi connectivity index (χ2v) is 19.0. The smallest absolute Gasteiger partial charge is 0.367 e. The van der Waals surface area contributed by atoms with Crippen molar-refractivity contribution in [1.82, 2.24) is 20.0 Å². The molecule has 24 nitrogen and oxygen atoms in total. The van der Waals surface area contributed by atoms with E-state index in [1.54, 1.807) is 0 Å². The summed E-state index contributed by atoms with van der Waals surface area (Å²) in [6.07, 6.45) is 0. The molecule has 308 valence electrons. The maximum atomic E-state index is 12.6. The van der Waals surface area contributed by atoms with E-state index < -0.39 is 83.3 Å². The highest BCUT2D eigenvalue weighted by molar-refractivity contribution is 7.94. The van der Waals surface area contributed by atoms with Crippen molar-refractivity contribution >= 4 is 95.4 Å². The topological polar surface area (TPSA) is 377 Å². The van der Waals surface area contributed by atoms with Gasteiger partial charge in [-0.25, -0.2) is 17.6 Å². The highest BCUT2D eigenvalue weighted by atomic mass is 32.3. The van der Waals surface area contributed by atoms with Crippen LogP contribution in [0.4, 0.5) is 23.0 Å². The van der Waals surface area contributed by atoms with Crippen LogP contribution in [0.1, 0.15) is 11.1 Å². The first-order valence-electron chi connectivity index (χ1n) is 15.5. The zero-order chi connectivity index (χ0) is 43.0. The molecule has 0 aliphatic rings. The van der Waals surface area contributed by atoms with Crippen molar-refractivity contribution in [3.8, 4) is 11.8 Å². The number of fused-ring (bicyclic) bond motifs is 3. The van der Waals surface area contributed by atoms with Crippen LogP contribution in [0.15, 0.2) is 79.4 Å². The SMILES string of the molecule is C=CS(=O)(=O)CCNc1nc(NCCOS(=O)(=O)O)c(C#N)c(C)c1N=Nc1ccc(-n2nc3ccc4c(S(=O)(=O)O)cc(S(=O)(=O)O)cc4c3n2)cc1S(=O)(=O)O. The summed E-state index contributed by atoms with van der Waals surface area (Å²) in [7, 11) is -23.7. The Bertz CT molecular complexity index is 3160.